The number of halogens is 1. The summed E-state index contributed by atoms with van der Waals surface area (Å²) in [5.41, 5.74) is 2.10. The fourth-order valence-electron chi connectivity index (χ4n) is 1.88. The third-order valence-electron chi connectivity index (χ3n) is 3.17. The van der Waals surface area contributed by atoms with E-state index in [1.54, 1.807) is 25.3 Å². The molecule has 21 heavy (non-hydrogen) atoms. The number of rotatable bonds is 4. The van der Waals surface area contributed by atoms with Gasteiger partial charge in [-0.05, 0) is 43.2 Å². The van der Waals surface area contributed by atoms with Crippen molar-refractivity contribution in [1.29, 1.82) is 0 Å². The van der Waals surface area contributed by atoms with Gasteiger partial charge in [-0.1, -0.05) is 18.2 Å². The Balaban J connectivity index is 1.86. The number of benzene rings is 1. The number of pyridine rings is 1. The zero-order chi connectivity index (χ0) is 15.2. The highest BCUT2D eigenvalue weighted by Gasteiger charge is 2.10. The number of amides is 2. The predicted octanol–water partition coefficient (Wildman–Crippen LogP) is 3.09. The lowest BCUT2D eigenvalue weighted by Crippen LogP contribution is -2.36. The molecule has 0 aliphatic heterocycles. The Hall–Kier alpha value is -2.43. The number of carbonyl (C=O) groups excluding carboxylic acids is 1. The van der Waals surface area contributed by atoms with Gasteiger partial charge in [0.2, 0.25) is 0 Å². The van der Waals surface area contributed by atoms with E-state index in [0.29, 0.717) is 5.56 Å². The number of nitrogens with one attached hydrogen (secondary N) is 2. The van der Waals surface area contributed by atoms with Crippen molar-refractivity contribution in [3.8, 4) is 0 Å². The average molecular weight is 287 g/mol. The van der Waals surface area contributed by atoms with Gasteiger partial charge in [-0.15, -0.1) is 0 Å². The second kappa shape index (κ2) is 6.83. The molecule has 2 N–H and O–H groups in total. The van der Waals surface area contributed by atoms with Crippen LogP contribution < -0.4 is 10.6 Å². The predicted molar refractivity (Wildman–Crippen MR) is 79.2 cm³/mol. The lowest BCUT2D eigenvalue weighted by atomic mass is 10.1. The van der Waals surface area contributed by atoms with Gasteiger partial charge in [0.05, 0.1) is 11.7 Å². The Labute approximate surface area is 123 Å². The fraction of sp³-hybridized carbons (Fsp3) is 0.250. The minimum Gasteiger partial charge on any atom is -0.334 e. The fourth-order valence-corrected chi connectivity index (χ4v) is 1.88. The second-order valence-corrected chi connectivity index (χ2v) is 4.89. The summed E-state index contributed by atoms with van der Waals surface area (Å²) in [5.74, 6) is -0.267. The van der Waals surface area contributed by atoms with Gasteiger partial charge in [0, 0.05) is 12.7 Å². The quantitative estimate of drug-likeness (QED) is 0.908. The third-order valence-corrected chi connectivity index (χ3v) is 3.17. The van der Waals surface area contributed by atoms with Crippen LogP contribution in [0.4, 0.5) is 9.18 Å². The highest BCUT2D eigenvalue weighted by atomic mass is 19.1. The first-order valence-electron chi connectivity index (χ1n) is 6.76. The van der Waals surface area contributed by atoms with Crippen LogP contribution in [0.5, 0.6) is 0 Å². The van der Waals surface area contributed by atoms with E-state index in [0.717, 1.165) is 11.3 Å². The summed E-state index contributed by atoms with van der Waals surface area (Å²) >= 11 is 0. The van der Waals surface area contributed by atoms with Crippen LogP contribution in [0, 0.1) is 12.7 Å². The van der Waals surface area contributed by atoms with Crippen molar-refractivity contribution in [2.45, 2.75) is 26.4 Å². The molecule has 0 aliphatic rings. The van der Waals surface area contributed by atoms with Gasteiger partial charge in [0.15, 0.2) is 0 Å². The standard InChI is InChI=1S/C16H18FN3O/c1-11-6-7-13(9-14(11)17)10-19-16(21)20-12(2)15-5-3-4-8-18-15/h3-9,12H,10H2,1-2H3,(H2,19,20,21). The molecule has 1 aromatic carbocycles. The van der Waals surface area contributed by atoms with E-state index in [4.69, 9.17) is 0 Å². The molecule has 0 saturated carbocycles. The maximum absolute atomic E-state index is 13.4. The van der Waals surface area contributed by atoms with E-state index in [9.17, 15) is 9.18 Å². The van der Waals surface area contributed by atoms with Crippen LogP contribution in [0.3, 0.4) is 0 Å². The topological polar surface area (TPSA) is 54.0 Å². The lowest BCUT2D eigenvalue weighted by Gasteiger charge is -2.14. The minimum atomic E-state index is -0.311. The van der Waals surface area contributed by atoms with Crippen LogP contribution in [0.1, 0.15) is 29.8 Å². The van der Waals surface area contributed by atoms with Gasteiger partial charge in [-0.25, -0.2) is 9.18 Å². The number of aryl methyl sites for hydroxylation is 1. The van der Waals surface area contributed by atoms with Crippen LogP contribution in [-0.4, -0.2) is 11.0 Å². The number of carbonyl (C=O) groups is 1. The van der Waals surface area contributed by atoms with Crippen LogP contribution in [0.15, 0.2) is 42.6 Å². The normalized spacial score (nSPS) is 11.8. The van der Waals surface area contributed by atoms with Crippen molar-refractivity contribution in [1.82, 2.24) is 15.6 Å². The molecule has 1 atom stereocenters. The molecule has 1 aromatic heterocycles. The van der Waals surface area contributed by atoms with Crippen molar-refractivity contribution in [2.75, 3.05) is 0 Å². The summed E-state index contributed by atoms with van der Waals surface area (Å²) in [6.45, 7) is 3.83. The molecular weight excluding hydrogens is 269 g/mol. The molecule has 0 saturated heterocycles. The summed E-state index contributed by atoms with van der Waals surface area (Å²) in [5, 5.41) is 5.49. The van der Waals surface area contributed by atoms with Gasteiger partial charge in [0.1, 0.15) is 5.82 Å². The molecule has 2 aromatic rings. The highest BCUT2D eigenvalue weighted by molar-refractivity contribution is 5.74. The lowest BCUT2D eigenvalue weighted by molar-refractivity contribution is 0.237. The molecule has 2 amide bonds. The first-order valence-corrected chi connectivity index (χ1v) is 6.76. The largest absolute Gasteiger partial charge is 0.334 e. The van der Waals surface area contributed by atoms with Crippen LogP contribution >= 0.6 is 0 Å². The number of hydrogen-bond acceptors (Lipinski definition) is 2. The smallest absolute Gasteiger partial charge is 0.315 e. The summed E-state index contributed by atoms with van der Waals surface area (Å²) < 4.78 is 13.4. The minimum absolute atomic E-state index is 0.194. The van der Waals surface area contributed by atoms with E-state index in [-0.39, 0.29) is 24.4 Å². The molecule has 4 nitrogen and oxygen atoms in total. The molecule has 110 valence electrons. The van der Waals surface area contributed by atoms with Gasteiger partial charge in [0.25, 0.3) is 0 Å². The van der Waals surface area contributed by atoms with E-state index in [1.807, 2.05) is 25.1 Å². The number of aromatic nitrogens is 1. The van der Waals surface area contributed by atoms with Crippen LogP contribution in [-0.2, 0) is 6.54 Å². The van der Waals surface area contributed by atoms with Gasteiger partial charge < -0.3 is 10.6 Å². The maximum atomic E-state index is 13.4. The SMILES string of the molecule is Cc1ccc(CNC(=O)NC(C)c2ccccn2)cc1F. The van der Waals surface area contributed by atoms with E-state index >= 15 is 0 Å². The average Bonchev–Trinajstić information content (AvgIpc) is 2.49. The zero-order valence-electron chi connectivity index (χ0n) is 12.1. The summed E-state index contributed by atoms with van der Waals surface area (Å²) in [7, 11) is 0. The second-order valence-electron chi connectivity index (χ2n) is 4.89. The Morgan fingerprint density at radius 1 is 1.33 bits per heavy atom. The first kappa shape index (κ1) is 15.0. The Bertz CT molecular complexity index is 616. The van der Waals surface area contributed by atoms with E-state index in [1.165, 1.54) is 6.07 Å². The van der Waals surface area contributed by atoms with Crippen molar-refractivity contribution in [3.63, 3.8) is 0 Å². The number of hydrogen-bond donors (Lipinski definition) is 2. The van der Waals surface area contributed by atoms with Crippen LogP contribution in [0.25, 0.3) is 0 Å². The van der Waals surface area contributed by atoms with Crippen molar-refractivity contribution in [2.24, 2.45) is 0 Å². The maximum Gasteiger partial charge on any atom is 0.315 e. The molecule has 1 heterocycles. The monoisotopic (exact) mass is 287 g/mol. The highest BCUT2D eigenvalue weighted by Crippen LogP contribution is 2.09. The Morgan fingerprint density at radius 3 is 2.81 bits per heavy atom. The molecule has 0 aliphatic carbocycles. The van der Waals surface area contributed by atoms with Crippen molar-refractivity contribution < 1.29 is 9.18 Å². The molecule has 0 fully saturated rings. The number of nitrogens with zero attached hydrogens (tertiary/aromatic N) is 1. The molecule has 0 spiro atoms. The van der Waals surface area contributed by atoms with Crippen LogP contribution in [0.2, 0.25) is 0 Å². The van der Waals surface area contributed by atoms with E-state index in [2.05, 4.69) is 15.6 Å². The molecule has 5 heteroatoms. The summed E-state index contributed by atoms with van der Waals surface area (Å²) in [6.07, 6.45) is 1.68. The number of urea groups is 1. The zero-order valence-corrected chi connectivity index (χ0v) is 12.1. The van der Waals surface area contributed by atoms with Crippen molar-refractivity contribution in [3.05, 3.63) is 65.2 Å². The van der Waals surface area contributed by atoms with E-state index < -0.39 is 0 Å². The molecule has 0 radical (unpaired) electrons. The van der Waals surface area contributed by atoms with Crippen molar-refractivity contribution >= 4 is 6.03 Å². The molecular formula is C16H18FN3O. The van der Waals surface area contributed by atoms with Gasteiger partial charge in [-0.3, -0.25) is 4.98 Å². The Kier molecular flexibility index (Phi) is 4.87. The third kappa shape index (κ3) is 4.27. The van der Waals surface area contributed by atoms with Gasteiger partial charge >= 0.3 is 6.03 Å². The molecule has 2 rings (SSSR count). The summed E-state index contributed by atoms with van der Waals surface area (Å²) in [4.78, 5) is 16.0. The Morgan fingerprint density at radius 2 is 2.14 bits per heavy atom. The molecule has 0 bridgehead atoms. The first-order chi connectivity index (χ1) is 10.1. The molecule has 1 unspecified atom stereocenters. The van der Waals surface area contributed by atoms with Gasteiger partial charge in [-0.2, -0.15) is 0 Å². The summed E-state index contributed by atoms with van der Waals surface area (Å²) in [6, 6.07) is 9.95.